The fourth-order valence-corrected chi connectivity index (χ4v) is 4.92. The Hall–Kier alpha value is -2.65. The van der Waals surface area contributed by atoms with E-state index in [1.54, 1.807) is 12.5 Å². The van der Waals surface area contributed by atoms with Gasteiger partial charge in [0.1, 0.15) is 9.71 Å². The molecule has 4 rings (SSSR count). The summed E-state index contributed by atoms with van der Waals surface area (Å²) in [4.78, 5) is 23.9. The molecule has 1 amide bonds. The summed E-state index contributed by atoms with van der Waals surface area (Å²) in [6.45, 7) is 6.01. The first-order valence-electron chi connectivity index (χ1n) is 9.80. The van der Waals surface area contributed by atoms with Crippen LogP contribution in [0.5, 0.6) is 0 Å². The number of thiophene rings is 1. The van der Waals surface area contributed by atoms with Crippen LogP contribution in [-0.4, -0.2) is 46.7 Å². The van der Waals surface area contributed by atoms with Crippen molar-refractivity contribution in [2.75, 3.05) is 36.9 Å². The molecule has 3 aromatic rings. The second-order valence-electron chi connectivity index (χ2n) is 7.50. The minimum atomic E-state index is -0.503. The second kappa shape index (κ2) is 8.38. The number of nitrogens with zero attached hydrogens (tertiary/aromatic N) is 4. The Bertz CT molecular complexity index is 1000. The van der Waals surface area contributed by atoms with Gasteiger partial charge in [-0.2, -0.15) is 0 Å². The fourth-order valence-electron chi connectivity index (χ4n) is 3.91. The predicted molar refractivity (Wildman–Crippen MR) is 115 cm³/mol. The van der Waals surface area contributed by atoms with Gasteiger partial charge < -0.3 is 25.7 Å². The van der Waals surface area contributed by atoms with E-state index in [-0.39, 0.29) is 0 Å². The lowest BCUT2D eigenvalue weighted by atomic mass is 9.98. The van der Waals surface area contributed by atoms with Crippen LogP contribution in [0.2, 0.25) is 0 Å². The summed E-state index contributed by atoms with van der Waals surface area (Å²) >= 11 is 1.27. The molecule has 4 heterocycles. The van der Waals surface area contributed by atoms with E-state index in [9.17, 15) is 4.79 Å². The van der Waals surface area contributed by atoms with Gasteiger partial charge >= 0.3 is 0 Å². The maximum atomic E-state index is 11.7. The van der Waals surface area contributed by atoms with Gasteiger partial charge in [0.15, 0.2) is 0 Å². The molecule has 8 nitrogen and oxygen atoms in total. The van der Waals surface area contributed by atoms with Crippen molar-refractivity contribution in [3.63, 3.8) is 0 Å². The van der Waals surface area contributed by atoms with Crippen LogP contribution >= 0.6 is 11.3 Å². The first kappa shape index (κ1) is 19.7. The van der Waals surface area contributed by atoms with Crippen molar-refractivity contribution in [3.05, 3.63) is 35.4 Å². The van der Waals surface area contributed by atoms with Gasteiger partial charge in [-0.1, -0.05) is 0 Å². The highest BCUT2D eigenvalue weighted by molar-refractivity contribution is 7.21. The van der Waals surface area contributed by atoms with Crippen LogP contribution in [0.25, 0.3) is 10.2 Å². The van der Waals surface area contributed by atoms with Crippen molar-refractivity contribution in [3.8, 4) is 0 Å². The molecule has 0 unspecified atom stereocenters. The van der Waals surface area contributed by atoms with Crippen LogP contribution in [0.1, 0.15) is 28.2 Å². The first-order valence-corrected chi connectivity index (χ1v) is 10.6. The van der Waals surface area contributed by atoms with E-state index < -0.39 is 5.91 Å². The molecule has 0 aromatic carbocycles. The van der Waals surface area contributed by atoms with E-state index in [4.69, 9.17) is 16.2 Å². The number of ether oxygens (including phenoxy) is 1. The standard InChI is InChI=1S/C20H26N6O2S/c1-13-9-15(16-17(21)18(19(22)27)29-20(16)24-13)26-5-2-3-14(10-26)11-28-8-7-25-6-4-23-12-25/h4,6,9,12,14H,2-3,5,7-8,10-11,21H2,1H3,(H2,22,27)/t14-/m0/s1. The van der Waals surface area contributed by atoms with E-state index in [0.29, 0.717) is 23.1 Å². The number of primary amides is 1. The van der Waals surface area contributed by atoms with E-state index in [1.807, 2.05) is 17.7 Å². The molecule has 1 saturated heterocycles. The summed E-state index contributed by atoms with van der Waals surface area (Å²) in [5, 5.41) is 0.844. The molecule has 0 aliphatic carbocycles. The molecule has 1 atom stereocenters. The van der Waals surface area contributed by atoms with Crippen molar-refractivity contribution in [2.45, 2.75) is 26.3 Å². The third-order valence-electron chi connectivity index (χ3n) is 5.30. The molecule has 1 fully saturated rings. The summed E-state index contributed by atoms with van der Waals surface area (Å²) < 4.78 is 7.94. The highest BCUT2D eigenvalue weighted by Gasteiger charge is 2.25. The van der Waals surface area contributed by atoms with Gasteiger partial charge in [-0.05, 0) is 31.7 Å². The lowest BCUT2D eigenvalue weighted by Crippen LogP contribution is -2.37. The molecule has 0 spiro atoms. The SMILES string of the molecule is Cc1cc(N2CCC[C@H](COCCn3ccnc3)C2)c2c(N)c(C(N)=O)sc2n1. The number of rotatable bonds is 7. The number of hydrogen-bond donors (Lipinski definition) is 2. The maximum Gasteiger partial charge on any atom is 0.260 e. The highest BCUT2D eigenvalue weighted by atomic mass is 32.1. The van der Waals surface area contributed by atoms with Crippen LogP contribution in [-0.2, 0) is 11.3 Å². The Morgan fingerprint density at radius 3 is 3.07 bits per heavy atom. The number of aromatic nitrogens is 3. The van der Waals surface area contributed by atoms with Crippen LogP contribution in [0.15, 0.2) is 24.8 Å². The third-order valence-corrected chi connectivity index (χ3v) is 6.41. The Morgan fingerprint density at radius 2 is 2.31 bits per heavy atom. The van der Waals surface area contributed by atoms with Gasteiger partial charge in [-0.15, -0.1) is 11.3 Å². The Labute approximate surface area is 173 Å². The van der Waals surface area contributed by atoms with Crippen LogP contribution in [0.3, 0.4) is 0 Å². The number of aryl methyl sites for hydroxylation is 1. The van der Waals surface area contributed by atoms with Crippen molar-refractivity contribution >= 4 is 38.8 Å². The molecule has 29 heavy (non-hydrogen) atoms. The molecule has 0 radical (unpaired) electrons. The highest BCUT2D eigenvalue weighted by Crippen LogP contribution is 2.40. The minimum absolute atomic E-state index is 0.385. The minimum Gasteiger partial charge on any atom is -0.397 e. The molecule has 0 saturated carbocycles. The molecule has 1 aliphatic heterocycles. The molecule has 4 N–H and O–H groups in total. The molecular formula is C20H26N6O2S. The lowest BCUT2D eigenvalue weighted by molar-refractivity contribution is 0.0876. The number of carbonyl (C=O) groups excluding carboxylic acids is 1. The van der Waals surface area contributed by atoms with E-state index in [2.05, 4.69) is 20.9 Å². The summed E-state index contributed by atoms with van der Waals surface area (Å²) in [5.41, 5.74) is 14.2. The molecule has 0 bridgehead atoms. The molecule has 3 aromatic heterocycles. The van der Waals surface area contributed by atoms with Crippen LogP contribution in [0, 0.1) is 12.8 Å². The number of pyridine rings is 1. The van der Waals surface area contributed by atoms with Gasteiger partial charge in [0.25, 0.3) is 5.91 Å². The Kier molecular flexibility index (Phi) is 5.68. The Morgan fingerprint density at radius 1 is 1.45 bits per heavy atom. The van der Waals surface area contributed by atoms with Crippen molar-refractivity contribution in [2.24, 2.45) is 11.7 Å². The number of piperidine rings is 1. The smallest absolute Gasteiger partial charge is 0.260 e. The molecule has 154 valence electrons. The van der Waals surface area contributed by atoms with Crippen molar-refractivity contribution in [1.29, 1.82) is 0 Å². The largest absolute Gasteiger partial charge is 0.397 e. The van der Waals surface area contributed by atoms with Crippen molar-refractivity contribution < 1.29 is 9.53 Å². The van der Waals surface area contributed by atoms with Crippen LogP contribution < -0.4 is 16.4 Å². The number of hydrogen-bond acceptors (Lipinski definition) is 7. The number of amides is 1. The number of anilines is 2. The number of imidazole rings is 1. The number of nitrogens with two attached hydrogens (primary N) is 2. The number of nitrogen functional groups attached to an aromatic ring is 1. The van der Waals surface area contributed by atoms with E-state index >= 15 is 0 Å². The molecular weight excluding hydrogens is 388 g/mol. The predicted octanol–water partition coefficient (Wildman–Crippen LogP) is 2.42. The molecule has 9 heteroatoms. The summed E-state index contributed by atoms with van der Waals surface area (Å²) in [6, 6.07) is 2.05. The zero-order valence-electron chi connectivity index (χ0n) is 16.5. The Balaban J connectivity index is 1.47. The van der Waals surface area contributed by atoms with E-state index in [1.165, 1.54) is 11.3 Å². The average Bonchev–Trinajstić information content (AvgIpc) is 3.33. The van der Waals surface area contributed by atoms with Gasteiger partial charge in [-0.25, -0.2) is 9.97 Å². The second-order valence-corrected chi connectivity index (χ2v) is 8.50. The van der Waals surface area contributed by atoms with Gasteiger partial charge in [0.2, 0.25) is 0 Å². The van der Waals surface area contributed by atoms with E-state index in [0.717, 1.165) is 60.7 Å². The first-order chi connectivity index (χ1) is 14.0. The monoisotopic (exact) mass is 414 g/mol. The quantitative estimate of drug-likeness (QED) is 0.574. The lowest BCUT2D eigenvalue weighted by Gasteiger charge is -2.35. The normalized spacial score (nSPS) is 17.1. The zero-order valence-corrected chi connectivity index (χ0v) is 17.3. The van der Waals surface area contributed by atoms with Crippen LogP contribution in [0.4, 0.5) is 11.4 Å². The summed E-state index contributed by atoms with van der Waals surface area (Å²) in [5.74, 6) is -0.0533. The molecule has 1 aliphatic rings. The average molecular weight is 415 g/mol. The zero-order chi connectivity index (χ0) is 20.4. The maximum absolute atomic E-state index is 11.7. The van der Waals surface area contributed by atoms with Gasteiger partial charge in [0.05, 0.1) is 36.3 Å². The fraction of sp³-hybridized carbons (Fsp3) is 0.450. The summed E-state index contributed by atoms with van der Waals surface area (Å²) in [7, 11) is 0. The van der Waals surface area contributed by atoms with Crippen molar-refractivity contribution in [1.82, 2.24) is 14.5 Å². The topological polar surface area (TPSA) is 112 Å². The summed E-state index contributed by atoms with van der Waals surface area (Å²) in [6.07, 6.45) is 7.74. The number of fused-ring (bicyclic) bond motifs is 1. The number of carbonyl (C=O) groups is 1. The third kappa shape index (κ3) is 4.20. The van der Waals surface area contributed by atoms with Gasteiger partial charge in [0, 0.05) is 37.7 Å². The van der Waals surface area contributed by atoms with Gasteiger partial charge in [-0.3, -0.25) is 4.79 Å².